The number of halogens is 1. The van der Waals surface area contributed by atoms with Crippen LogP contribution in [0.4, 0.5) is 5.69 Å². The molecule has 1 N–H and O–H groups in total. The van der Waals surface area contributed by atoms with E-state index in [1.54, 1.807) is 24.3 Å². The van der Waals surface area contributed by atoms with Crippen LogP contribution < -0.4 is 4.72 Å². The minimum Gasteiger partial charge on any atom is -0.283 e. The summed E-state index contributed by atoms with van der Waals surface area (Å²) in [4.78, 5) is 0. The van der Waals surface area contributed by atoms with Gasteiger partial charge in [-0.1, -0.05) is 89.7 Å². The Hall–Kier alpha value is -0.740. The summed E-state index contributed by atoms with van der Waals surface area (Å²) in [5.41, 5.74) is 0.603. The summed E-state index contributed by atoms with van der Waals surface area (Å²) < 4.78 is 28.5. The Kier molecular flexibility index (Phi) is 14.5. The maximum absolute atomic E-state index is 12.9. The van der Waals surface area contributed by atoms with Gasteiger partial charge < -0.3 is 0 Å². The van der Waals surface area contributed by atoms with Crippen LogP contribution in [0.2, 0.25) is 0 Å². The molecule has 0 saturated heterocycles. The van der Waals surface area contributed by atoms with E-state index in [2.05, 4.69) is 17.7 Å². The number of sulfonamides is 1. The number of rotatable bonds is 18. The van der Waals surface area contributed by atoms with E-state index in [4.69, 9.17) is 11.6 Å². The van der Waals surface area contributed by atoms with Crippen molar-refractivity contribution in [1.82, 2.24) is 0 Å². The van der Waals surface area contributed by atoms with Gasteiger partial charge in [0.1, 0.15) is 0 Å². The van der Waals surface area contributed by atoms with Crippen molar-refractivity contribution in [3.63, 3.8) is 0 Å². The predicted octanol–water partition coefficient (Wildman–Crippen LogP) is 7.71. The number of alkyl halides is 1. The Balaban J connectivity index is 2.32. The molecule has 0 fully saturated rings. The van der Waals surface area contributed by atoms with Crippen LogP contribution in [0.3, 0.4) is 0 Å². The average Bonchev–Trinajstić information content (AvgIpc) is 2.68. The predicted molar refractivity (Wildman–Crippen MR) is 127 cm³/mol. The number of unbranched alkanes of at least 4 members (excludes halogenated alkanes) is 10. The van der Waals surface area contributed by atoms with Gasteiger partial charge in [0.2, 0.25) is 10.0 Å². The lowest BCUT2D eigenvalue weighted by Gasteiger charge is -2.19. The Morgan fingerprint density at radius 3 is 1.90 bits per heavy atom. The van der Waals surface area contributed by atoms with E-state index in [1.165, 1.54) is 57.8 Å². The molecular formula is C24H41ClNO2S. The summed E-state index contributed by atoms with van der Waals surface area (Å²) in [5.74, 6) is 0. The molecule has 3 nitrogen and oxygen atoms in total. The molecule has 1 aromatic rings. The molecular weight excluding hydrogens is 402 g/mol. The molecule has 29 heavy (non-hydrogen) atoms. The molecule has 5 heteroatoms. The molecule has 2 unspecified atom stereocenters. The van der Waals surface area contributed by atoms with Crippen molar-refractivity contribution in [2.24, 2.45) is 0 Å². The van der Waals surface area contributed by atoms with Gasteiger partial charge in [0.15, 0.2) is 0 Å². The lowest BCUT2D eigenvalue weighted by molar-refractivity contribution is 0.519. The first-order valence-corrected chi connectivity index (χ1v) is 13.6. The molecule has 1 aromatic carbocycles. The fraction of sp³-hybridized carbons (Fsp3) is 0.750. The Labute approximate surface area is 185 Å². The molecule has 0 heterocycles. The van der Waals surface area contributed by atoms with Crippen molar-refractivity contribution in [2.75, 3.05) is 4.72 Å². The molecule has 1 rings (SSSR count). The second kappa shape index (κ2) is 16.0. The molecule has 167 valence electrons. The fourth-order valence-electron chi connectivity index (χ4n) is 3.61. The SMILES string of the molecule is CCCCCCCCCCCCCC(CCC(C)Cl)S(=O)(=O)Nc1cc[c]cc1. The van der Waals surface area contributed by atoms with Crippen molar-refractivity contribution in [3.05, 3.63) is 30.3 Å². The highest BCUT2D eigenvalue weighted by Gasteiger charge is 2.25. The minimum atomic E-state index is -3.41. The quantitative estimate of drug-likeness (QED) is 0.187. The molecule has 0 aromatic heterocycles. The first-order chi connectivity index (χ1) is 14.0. The van der Waals surface area contributed by atoms with Crippen molar-refractivity contribution < 1.29 is 8.42 Å². The van der Waals surface area contributed by atoms with Gasteiger partial charge in [0, 0.05) is 11.1 Å². The maximum Gasteiger partial charge on any atom is 0.235 e. The third-order valence-electron chi connectivity index (χ3n) is 5.43. The monoisotopic (exact) mass is 442 g/mol. The van der Waals surface area contributed by atoms with E-state index in [-0.39, 0.29) is 10.6 Å². The van der Waals surface area contributed by atoms with Gasteiger partial charge in [-0.05, 0) is 44.4 Å². The normalized spacial score (nSPS) is 13.9. The lowest BCUT2D eigenvalue weighted by atomic mass is 10.0. The molecule has 0 aliphatic rings. The fourth-order valence-corrected chi connectivity index (χ4v) is 5.29. The van der Waals surface area contributed by atoms with Crippen molar-refractivity contribution in [2.45, 2.75) is 114 Å². The van der Waals surface area contributed by atoms with Crippen molar-refractivity contribution >= 4 is 27.3 Å². The van der Waals surface area contributed by atoms with E-state index in [9.17, 15) is 8.42 Å². The third-order valence-corrected chi connectivity index (χ3v) is 7.52. The second-order valence-electron chi connectivity index (χ2n) is 8.24. The standard InChI is InChI=1S/C24H41ClNO2S/c1-3-4-5-6-7-8-9-10-11-12-16-19-24(21-20-22(2)25)29(27,28)26-23-17-14-13-15-18-23/h14-15,17-18,22,24,26H,3-12,16,19-21H2,1-2H3. The van der Waals surface area contributed by atoms with Gasteiger partial charge >= 0.3 is 0 Å². The van der Waals surface area contributed by atoms with Gasteiger partial charge in [-0.15, -0.1) is 11.6 Å². The molecule has 0 spiro atoms. The Bertz CT molecular complexity index is 605. The number of anilines is 1. The van der Waals surface area contributed by atoms with Crippen molar-refractivity contribution in [3.8, 4) is 0 Å². The second-order valence-corrected chi connectivity index (χ2v) is 10.9. The first kappa shape index (κ1) is 26.3. The number of hydrogen-bond acceptors (Lipinski definition) is 2. The molecule has 0 bridgehead atoms. The van der Waals surface area contributed by atoms with Crippen LogP contribution in [0.5, 0.6) is 0 Å². The molecule has 0 amide bonds. The molecule has 0 saturated carbocycles. The summed E-state index contributed by atoms with van der Waals surface area (Å²) in [7, 11) is -3.41. The van der Waals surface area contributed by atoms with Crippen LogP contribution in [-0.4, -0.2) is 19.0 Å². The Morgan fingerprint density at radius 1 is 0.862 bits per heavy atom. The summed E-state index contributed by atoms with van der Waals surface area (Å²) >= 11 is 6.08. The van der Waals surface area contributed by atoms with E-state index in [0.29, 0.717) is 24.9 Å². The zero-order valence-electron chi connectivity index (χ0n) is 18.5. The molecule has 0 aliphatic carbocycles. The minimum absolute atomic E-state index is 0.00338. The maximum atomic E-state index is 12.9. The van der Waals surface area contributed by atoms with E-state index >= 15 is 0 Å². The van der Waals surface area contributed by atoms with Crippen LogP contribution in [-0.2, 0) is 10.0 Å². The van der Waals surface area contributed by atoms with E-state index < -0.39 is 10.0 Å². The summed E-state index contributed by atoms with van der Waals surface area (Å²) in [6.07, 6.45) is 16.0. The molecule has 0 aliphatic heterocycles. The molecule has 1 radical (unpaired) electrons. The third kappa shape index (κ3) is 13.2. The lowest BCUT2D eigenvalue weighted by Crippen LogP contribution is -2.28. The van der Waals surface area contributed by atoms with Crippen molar-refractivity contribution in [1.29, 1.82) is 0 Å². The Morgan fingerprint density at radius 2 is 1.38 bits per heavy atom. The van der Waals surface area contributed by atoms with Crippen LogP contribution >= 0.6 is 11.6 Å². The summed E-state index contributed by atoms with van der Waals surface area (Å²) in [6.45, 7) is 4.18. The van der Waals surface area contributed by atoms with Crippen LogP contribution in [0.25, 0.3) is 0 Å². The van der Waals surface area contributed by atoms with Gasteiger partial charge in [0.25, 0.3) is 0 Å². The van der Waals surface area contributed by atoms with E-state index in [0.717, 1.165) is 12.8 Å². The smallest absolute Gasteiger partial charge is 0.235 e. The van der Waals surface area contributed by atoms with Gasteiger partial charge in [-0.3, -0.25) is 4.72 Å². The zero-order chi connectivity index (χ0) is 21.4. The van der Waals surface area contributed by atoms with Gasteiger partial charge in [0.05, 0.1) is 5.25 Å². The van der Waals surface area contributed by atoms with Crippen LogP contribution in [0.1, 0.15) is 104 Å². The number of benzene rings is 1. The largest absolute Gasteiger partial charge is 0.283 e. The summed E-state index contributed by atoms with van der Waals surface area (Å²) in [6, 6.07) is 9.82. The van der Waals surface area contributed by atoms with Crippen LogP contribution in [0, 0.1) is 6.07 Å². The first-order valence-electron chi connectivity index (χ1n) is 11.6. The highest BCUT2D eigenvalue weighted by molar-refractivity contribution is 7.93. The van der Waals surface area contributed by atoms with Gasteiger partial charge in [-0.25, -0.2) is 8.42 Å². The number of nitrogens with one attached hydrogen (secondary N) is 1. The highest BCUT2D eigenvalue weighted by Crippen LogP contribution is 2.22. The molecule has 2 atom stereocenters. The zero-order valence-corrected chi connectivity index (χ0v) is 20.0. The van der Waals surface area contributed by atoms with Crippen LogP contribution in [0.15, 0.2) is 24.3 Å². The van der Waals surface area contributed by atoms with E-state index in [1.807, 2.05) is 6.92 Å². The van der Waals surface area contributed by atoms with Gasteiger partial charge in [-0.2, -0.15) is 0 Å². The highest BCUT2D eigenvalue weighted by atomic mass is 35.5. The summed E-state index contributed by atoms with van der Waals surface area (Å²) in [5, 5.41) is -0.386. The number of hydrogen-bond donors (Lipinski definition) is 1. The topological polar surface area (TPSA) is 46.2 Å². The average molecular weight is 443 g/mol.